The highest BCUT2D eigenvalue weighted by atomic mass is 32.2. The number of ketones is 1. The molecule has 0 aromatic carbocycles. The Balaban J connectivity index is 3.50. The number of esters is 1. The first kappa shape index (κ1) is 12.0. The molecule has 0 atom stereocenters. The zero-order valence-corrected chi connectivity index (χ0v) is 8.18. The molecule has 0 aromatic rings. The number of carbonyl (C=O) groups is 3. The van der Waals surface area contributed by atoms with Crippen LogP contribution in [0.3, 0.4) is 0 Å². The number of hydrogen-bond donors (Lipinski definition) is 0. The molecule has 0 aliphatic rings. The average molecular weight is 206 g/mol. The molecule has 0 unspecified atom stereocenters. The van der Waals surface area contributed by atoms with Crippen LogP contribution in [0.2, 0.25) is 0 Å². The van der Waals surface area contributed by atoms with E-state index in [9.17, 15) is 14.4 Å². The summed E-state index contributed by atoms with van der Waals surface area (Å²) < 4.78 is 8.71. The van der Waals surface area contributed by atoms with Gasteiger partial charge in [-0.2, -0.15) is 0 Å². The summed E-state index contributed by atoms with van der Waals surface area (Å²) in [7, 11) is 0. The van der Waals surface area contributed by atoms with Crippen molar-refractivity contribution < 1.29 is 23.9 Å². The summed E-state index contributed by atoms with van der Waals surface area (Å²) in [5.74, 6) is -1.15. The van der Waals surface area contributed by atoms with Crippen molar-refractivity contribution in [3.8, 4) is 0 Å². The SMILES string of the molecule is CCSC(=O)OCOC(=O)C(C)=O. The van der Waals surface area contributed by atoms with Crippen LogP contribution in [-0.2, 0) is 19.1 Å². The number of ether oxygens (including phenoxy) is 2. The molecule has 0 saturated heterocycles. The van der Waals surface area contributed by atoms with E-state index in [0.717, 1.165) is 18.7 Å². The minimum absolute atomic E-state index is 0.510. The lowest BCUT2D eigenvalue weighted by atomic mass is 10.5. The lowest BCUT2D eigenvalue weighted by Gasteiger charge is -2.02. The van der Waals surface area contributed by atoms with Crippen LogP contribution in [-0.4, -0.2) is 29.6 Å². The number of carbonyl (C=O) groups excluding carboxylic acids is 3. The molecule has 6 heteroatoms. The first-order chi connectivity index (χ1) is 6.07. The van der Waals surface area contributed by atoms with Crippen molar-refractivity contribution in [2.24, 2.45) is 0 Å². The normalized spacial score (nSPS) is 9.08. The maximum absolute atomic E-state index is 10.7. The zero-order valence-electron chi connectivity index (χ0n) is 7.36. The van der Waals surface area contributed by atoms with Gasteiger partial charge in [0.05, 0.1) is 0 Å². The highest BCUT2D eigenvalue weighted by Gasteiger charge is 2.09. The molecule has 0 fully saturated rings. The van der Waals surface area contributed by atoms with Gasteiger partial charge in [-0.1, -0.05) is 6.92 Å². The Morgan fingerprint density at radius 2 is 1.85 bits per heavy atom. The van der Waals surface area contributed by atoms with E-state index in [2.05, 4.69) is 9.47 Å². The third-order valence-electron chi connectivity index (χ3n) is 0.916. The van der Waals surface area contributed by atoms with Gasteiger partial charge in [-0.15, -0.1) is 0 Å². The van der Waals surface area contributed by atoms with E-state index < -0.39 is 23.8 Å². The molecule has 0 heterocycles. The van der Waals surface area contributed by atoms with Crippen LogP contribution < -0.4 is 0 Å². The standard InChI is InChI=1S/C7H10O5S/c1-3-13-7(10)12-4-11-6(9)5(2)8/h3-4H2,1-2H3. The Hall–Kier alpha value is -1.04. The topological polar surface area (TPSA) is 69.7 Å². The summed E-state index contributed by atoms with van der Waals surface area (Å²) in [6, 6.07) is 0. The van der Waals surface area contributed by atoms with Crippen molar-refractivity contribution in [2.75, 3.05) is 12.5 Å². The molecule has 0 N–H and O–H groups in total. The van der Waals surface area contributed by atoms with Crippen molar-refractivity contribution in [3.05, 3.63) is 0 Å². The smallest absolute Gasteiger partial charge is 0.377 e. The van der Waals surface area contributed by atoms with Gasteiger partial charge < -0.3 is 9.47 Å². The van der Waals surface area contributed by atoms with Gasteiger partial charge in [-0.3, -0.25) is 4.79 Å². The Labute approximate surface area is 79.8 Å². The van der Waals surface area contributed by atoms with Gasteiger partial charge in [0.1, 0.15) is 0 Å². The Morgan fingerprint density at radius 3 is 2.31 bits per heavy atom. The maximum Gasteiger partial charge on any atom is 0.377 e. The van der Waals surface area contributed by atoms with Crippen molar-refractivity contribution in [2.45, 2.75) is 13.8 Å². The molecule has 0 radical (unpaired) electrons. The molecule has 0 bridgehead atoms. The van der Waals surface area contributed by atoms with Gasteiger partial charge in [-0.05, 0) is 11.8 Å². The second kappa shape index (κ2) is 6.47. The Morgan fingerprint density at radius 1 is 1.23 bits per heavy atom. The van der Waals surface area contributed by atoms with E-state index in [4.69, 9.17) is 0 Å². The van der Waals surface area contributed by atoms with Crippen LogP contribution in [0.5, 0.6) is 0 Å². The van der Waals surface area contributed by atoms with Gasteiger partial charge >= 0.3 is 11.3 Å². The van der Waals surface area contributed by atoms with E-state index in [1.807, 2.05) is 0 Å². The molecule has 13 heavy (non-hydrogen) atoms. The van der Waals surface area contributed by atoms with E-state index in [1.54, 1.807) is 6.92 Å². The highest BCUT2D eigenvalue weighted by molar-refractivity contribution is 8.13. The Kier molecular flexibility index (Phi) is 5.96. The number of thioether (sulfide) groups is 1. The quantitative estimate of drug-likeness (QED) is 0.387. The van der Waals surface area contributed by atoms with Crippen LogP contribution in [0.1, 0.15) is 13.8 Å². The first-order valence-electron chi connectivity index (χ1n) is 3.55. The third kappa shape index (κ3) is 6.15. The highest BCUT2D eigenvalue weighted by Crippen LogP contribution is 2.03. The molecular formula is C7H10O5S. The largest absolute Gasteiger partial charge is 0.422 e. The van der Waals surface area contributed by atoms with E-state index in [1.165, 1.54) is 0 Å². The molecule has 0 rings (SSSR count). The van der Waals surface area contributed by atoms with Gasteiger partial charge in [-0.25, -0.2) is 9.59 Å². The second-order valence-corrected chi connectivity index (χ2v) is 3.13. The summed E-state index contributed by atoms with van der Waals surface area (Å²) in [5, 5.41) is -0.529. The third-order valence-corrected chi connectivity index (χ3v) is 1.56. The predicted molar refractivity (Wildman–Crippen MR) is 46.3 cm³/mol. The summed E-state index contributed by atoms with van der Waals surface area (Å²) in [4.78, 5) is 31.5. The molecule has 0 aliphatic heterocycles. The molecule has 0 saturated carbocycles. The van der Waals surface area contributed by atoms with Crippen LogP contribution in [0.15, 0.2) is 0 Å². The molecule has 0 amide bonds. The summed E-state index contributed by atoms with van der Waals surface area (Å²) >= 11 is 0.954. The van der Waals surface area contributed by atoms with Crippen LogP contribution in [0.25, 0.3) is 0 Å². The van der Waals surface area contributed by atoms with Gasteiger partial charge in [0.15, 0.2) is 0 Å². The predicted octanol–water partition coefficient (Wildman–Crippen LogP) is 0.966. The van der Waals surface area contributed by atoms with E-state index in [0.29, 0.717) is 5.75 Å². The van der Waals surface area contributed by atoms with Crippen molar-refractivity contribution in [1.29, 1.82) is 0 Å². The molecular weight excluding hydrogens is 196 g/mol. The summed E-state index contributed by atoms with van der Waals surface area (Å²) in [6.45, 7) is 2.35. The first-order valence-corrected chi connectivity index (χ1v) is 4.53. The lowest BCUT2D eigenvalue weighted by Crippen LogP contribution is -2.16. The average Bonchev–Trinajstić information content (AvgIpc) is 2.04. The monoisotopic (exact) mass is 206 g/mol. The van der Waals surface area contributed by atoms with Crippen LogP contribution >= 0.6 is 11.8 Å². The maximum atomic E-state index is 10.7. The van der Waals surface area contributed by atoms with Gasteiger partial charge in [0.2, 0.25) is 12.6 Å². The van der Waals surface area contributed by atoms with Gasteiger partial charge in [0.25, 0.3) is 0 Å². The van der Waals surface area contributed by atoms with E-state index >= 15 is 0 Å². The van der Waals surface area contributed by atoms with Gasteiger partial charge in [0, 0.05) is 12.7 Å². The molecule has 5 nitrogen and oxygen atoms in total. The van der Waals surface area contributed by atoms with Crippen molar-refractivity contribution in [1.82, 2.24) is 0 Å². The van der Waals surface area contributed by atoms with Crippen molar-refractivity contribution in [3.63, 3.8) is 0 Å². The number of rotatable bonds is 4. The minimum Gasteiger partial charge on any atom is -0.422 e. The molecule has 0 aliphatic carbocycles. The van der Waals surface area contributed by atoms with E-state index in [-0.39, 0.29) is 0 Å². The summed E-state index contributed by atoms with van der Waals surface area (Å²) in [6.07, 6.45) is 0. The minimum atomic E-state index is -1.01. The fourth-order valence-electron chi connectivity index (χ4n) is 0.392. The van der Waals surface area contributed by atoms with Crippen LogP contribution in [0.4, 0.5) is 4.79 Å². The fourth-order valence-corrected chi connectivity index (χ4v) is 0.759. The zero-order chi connectivity index (χ0) is 10.3. The number of hydrogen-bond acceptors (Lipinski definition) is 6. The molecule has 0 aromatic heterocycles. The molecule has 74 valence electrons. The lowest BCUT2D eigenvalue weighted by molar-refractivity contribution is -0.158. The van der Waals surface area contributed by atoms with Crippen LogP contribution in [0, 0.1) is 0 Å². The molecule has 0 spiro atoms. The second-order valence-electron chi connectivity index (χ2n) is 1.93. The fraction of sp³-hybridized carbons (Fsp3) is 0.571. The number of Topliss-reactive ketones (excluding diaryl/α,β-unsaturated/α-hetero) is 1. The summed E-state index contributed by atoms with van der Waals surface area (Å²) in [5.41, 5.74) is 0. The Bertz CT molecular complexity index is 213. The van der Waals surface area contributed by atoms with Crippen molar-refractivity contribution >= 4 is 28.8 Å².